The van der Waals surface area contributed by atoms with Gasteiger partial charge in [0.15, 0.2) is 0 Å². The highest BCUT2D eigenvalue weighted by Gasteiger charge is 2.23. The lowest BCUT2D eigenvalue weighted by molar-refractivity contribution is 0.103. The number of unbranched alkanes of at least 4 members (excludes halogenated alkanes) is 3. The molecule has 3 nitrogen and oxygen atoms in total. The number of hydrogen-bond donors (Lipinski definition) is 2. The average molecular weight is 383 g/mol. The lowest BCUT2D eigenvalue weighted by Crippen LogP contribution is -2.11. The highest BCUT2D eigenvalue weighted by molar-refractivity contribution is 6.13. The Bertz CT molecular complexity index is 772. The van der Waals surface area contributed by atoms with Gasteiger partial charge in [-0.15, -0.1) is 0 Å². The molecule has 2 aromatic carbocycles. The molecule has 2 rings (SSSR count). The Morgan fingerprint density at radius 3 is 1.86 bits per heavy atom. The first-order chi connectivity index (χ1) is 13.5. The summed E-state index contributed by atoms with van der Waals surface area (Å²) in [4.78, 5) is 13.3. The third-order valence-corrected chi connectivity index (χ3v) is 5.38. The van der Waals surface area contributed by atoms with Crippen molar-refractivity contribution in [3.63, 3.8) is 0 Å². The highest BCUT2D eigenvalue weighted by Crippen LogP contribution is 2.32. The van der Waals surface area contributed by atoms with Gasteiger partial charge >= 0.3 is 0 Å². The van der Waals surface area contributed by atoms with Gasteiger partial charge in [0, 0.05) is 5.56 Å². The van der Waals surface area contributed by atoms with Crippen molar-refractivity contribution in [1.82, 2.24) is 0 Å². The number of ketones is 1. The fourth-order valence-corrected chi connectivity index (χ4v) is 3.76. The van der Waals surface area contributed by atoms with Gasteiger partial charge < -0.3 is 10.2 Å². The van der Waals surface area contributed by atoms with E-state index in [1.54, 1.807) is 6.07 Å². The molecule has 0 saturated carbocycles. The second kappa shape index (κ2) is 10.9. The van der Waals surface area contributed by atoms with Gasteiger partial charge in [-0.1, -0.05) is 58.2 Å². The molecule has 0 unspecified atom stereocenters. The van der Waals surface area contributed by atoms with Gasteiger partial charge in [-0.05, 0) is 67.3 Å². The van der Waals surface area contributed by atoms with Gasteiger partial charge in [0.1, 0.15) is 17.1 Å². The van der Waals surface area contributed by atoms with Crippen molar-refractivity contribution in [1.29, 1.82) is 0 Å². The zero-order valence-corrected chi connectivity index (χ0v) is 17.6. The van der Waals surface area contributed by atoms with Gasteiger partial charge in [-0.3, -0.25) is 4.79 Å². The van der Waals surface area contributed by atoms with Gasteiger partial charge in [0.2, 0.25) is 5.78 Å². The van der Waals surface area contributed by atoms with E-state index in [-0.39, 0.29) is 22.8 Å². The second-order valence-corrected chi connectivity index (χ2v) is 7.54. The molecule has 152 valence electrons. The number of phenolic OH excluding ortho intramolecular Hbond substituents is 2. The van der Waals surface area contributed by atoms with Crippen molar-refractivity contribution in [2.24, 2.45) is 0 Å². The Kier molecular flexibility index (Phi) is 8.56. The van der Waals surface area contributed by atoms with E-state index < -0.39 is 0 Å². The summed E-state index contributed by atoms with van der Waals surface area (Å²) < 4.78 is 0. The normalized spacial score (nSPS) is 11.0. The summed E-state index contributed by atoms with van der Waals surface area (Å²) >= 11 is 0. The topological polar surface area (TPSA) is 57.5 Å². The third kappa shape index (κ3) is 5.15. The first-order valence-electron chi connectivity index (χ1n) is 10.7. The average Bonchev–Trinajstić information content (AvgIpc) is 2.69. The summed E-state index contributed by atoms with van der Waals surface area (Å²) in [7, 11) is 0. The van der Waals surface area contributed by atoms with Crippen LogP contribution in [0.2, 0.25) is 0 Å². The standard InChI is InChI=1S/C25H34O3/c1-4-7-11-18-16-17-21(20(13-9-6-3)19(18)12-8-5-2)25(28)24-22(26)14-10-15-23(24)27/h10,14-17,26-27H,4-9,11-13H2,1-3H3. The van der Waals surface area contributed by atoms with Crippen molar-refractivity contribution >= 4 is 5.78 Å². The van der Waals surface area contributed by atoms with Crippen LogP contribution in [0.3, 0.4) is 0 Å². The molecule has 0 saturated heterocycles. The number of benzene rings is 2. The Labute approximate surface area is 169 Å². The molecule has 0 heterocycles. The molecule has 0 aliphatic heterocycles. The van der Waals surface area contributed by atoms with Crippen LogP contribution in [0.15, 0.2) is 30.3 Å². The Balaban J connectivity index is 2.59. The van der Waals surface area contributed by atoms with E-state index in [9.17, 15) is 15.0 Å². The molecule has 0 radical (unpaired) electrons. The summed E-state index contributed by atoms with van der Waals surface area (Å²) in [6.07, 6.45) is 9.42. The molecule has 0 amide bonds. The summed E-state index contributed by atoms with van der Waals surface area (Å²) in [6, 6.07) is 8.43. The van der Waals surface area contributed by atoms with Crippen LogP contribution >= 0.6 is 0 Å². The predicted molar refractivity (Wildman–Crippen MR) is 115 cm³/mol. The molecule has 0 fully saturated rings. The molecule has 0 aliphatic rings. The monoisotopic (exact) mass is 382 g/mol. The van der Waals surface area contributed by atoms with E-state index in [0.717, 1.165) is 63.4 Å². The minimum atomic E-state index is -0.290. The number of aryl methyl sites for hydroxylation is 1. The molecule has 2 aromatic rings. The van der Waals surface area contributed by atoms with E-state index in [4.69, 9.17) is 0 Å². The van der Waals surface area contributed by atoms with Crippen LogP contribution in [-0.4, -0.2) is 16.0 Å². The first-order valence-corrected chi connectivity index (χ1v) is 10.7. The van der Waals surface area contributed by atoms with E-state index in [1.807, 2.05) is 6.07 Å². The Morgan fingerprint density at radius 1 is 0.750 bits per heavy atom. The van der Waals surface area contributed by atoms with Gasteiger partial charge in [-0.25, -0.2) is 0 Å². The molecular formula is C25H34O3. The fourth-order valence-electron chi connectivity index (χ4n) is 3.76. The van der Waals surface area contributed by atoms with E-state index in [1.165, 1.54) is 23.3 Å². The van der Waals surface area contributed by atoms with Crippen LogP contribution in [0.4, 0.5) is 0 Å². The molecule has 3 heteroatoms. The van der Waals surface area contributed by atoms with E-state index >= 15 is 0 Å². The predicted octanol–water partition coefficient (Wildman–Crippen LogP) is 6.36. The molecule has 2 N–H and O–H groups in total. The van der Waals surface area contributed by atoms with Crippen LogP contribution in [0.1, 0.15) is 91.9 Å². The Morgan fingerprint density at radius 2 is 1.29 bits per heavy atom. The van der Waals surface area contributed by atoms with Gasteiger partial charge in [-0.2, -0.15) is 0 Å². The largest absolute Gasteiger partial charge is 0.507 e. The van der Waals surface area contributed by atoms with Gasteiger partial charge in [0.25, 0.3) is 0 Å². The quantitative estimate of drug-likeness (QED) is 0.445. The van der Waals surface area contributed by atoms with Crippen LogP contribution in [-0.2, 0) is 19.3 Å². The molecule has 0 spiro atoms. The van der Waals surface area contributed by atoms with Gasteiger partial charge in [0.05, 0.1) is 0 Å². The molecule has 0 atom stereocenters. The van der Waals surface area contributed by atoms with E-state index in [2.05, 4.69) is 26.8 Å². The minimum Gasteiger partial charge on any atom is -0.507 e. The molecule has 0 bridgehead atoms. The van der Waals surface area contributed by atoms with Crippen LogP contribution in [0, 0.1) is 0 Å². The third-order valence-electron chi connectivity index (χ3n) is 5.38. The number of aromatic hydroxyl groups is 2. The second-order valence-electron chi connectivity index (χ2n) is 7.54. The first kappa shape index (κ1) is 22.0. The van der Waals surface area contributed by atoms with Crippen LogP contribution < -0.4 is 0 Å². The summed E-state index contributed by atoms with van der Waals surface area (Å²) in [6.45, 7) is 6.54. The Hall–Kier alpha value is -2.29. The SMILES string of the molecule is CCCCc1ccc(C(=O)c2c(O)cccc2O)c(CCCC)c1CCCC. The van der Waals surface area contributed by atoms with Crippen molar-refractivity contribution in [3.05, 3.63) is 58.1 Å². The zero-order chi connectivity index (χ0) is 20.5. The summed E-state index contributed by atoms with van der Waals surface area (Å²) in [5.74, 6) is -0.630. The number of hydrogen-bond acceptors (Lipinski definition) is 3. The molecular weight excluding hydrogens is 348 g/mol. The summed E-state index contributed by atoms with van der Waals surface area (Å²) in [5, 5.41) is 20.4. The maximum absolute atomic E-state index is 13.3. The maximum atomic E-state index is 13.3. The number of phenols is 2. The molecule has 0 aromatic heterocycles. The number of carbonyl (C=O) groups is 1. The molecule has 28 heavy (non-hydrogen) atoms. The van der Waals surface area contributed by atoms with Crippen molar-refractivity contribution in [3.8, 4) is 11.5 Å². The number of carbonyl (C=O) groups excluding carboxylic acids is 1. The van der Waals surface area contributed by atoms with Crippen LogP contribution in [0.25, 0.3) is 0 Å². The lowest BCUT2D eigenvalue weighted by Gasteiger charge is -2.19. The van der Waals surface area contributed by atoms with Crippen molar-refractivity contribution in [2.75, 3.05) is 0 Å². The smallest absolute Gasteiger partial charge is 0.200 e. The lowest BCUT2D eigenvalue weighted by atomic mass is 9.85. The number of rotatable bonds is 11. The van der Waals surface area contributed by atoms with Crippen LogP contribution in [0.5, 0.6) is 11.5 Å². The highest BCUT2D eigenvalue weighted by atomic mass is 16.3. The minimum absolute atomic E-state index is 0.00278. The van der Waals surface area contributed by atoms with Crippen molar-refractivity contribution < 1.29 is 15.0 Å². The summed E-state index contributed by atoms with van der Waals surface area (Å²) in [5.41, 5.74) is 4.39. The van der Waals surface area contributed by atoms with Crippen molar-refractivity contribution in [2.45, 2.75) is 78.6 Å². The maximum Gasteiger partial charge on any atom is 0.200 e. The fraction of sp³-hybridized carbons (Fsp3) is 0.480. The van der Waals surface area contributed by atoms with E-state index in [0.29, 0.717) is 5.56 Å². The molecule has 0 aliphatic carbocycles. The zero-order valence-electron chi connectivity index (χ0n) is 17.6.